The van der Waals surface area contributed by atoms with Gasteiger partial charge < -0.3 is 40.1 Å². The molecule has 0 saturated carbocycles. The van der Waals surface area contributed by atoms with Crippen LogP contribution in [-0.2, 0) is 9.47 Å². The van der Waals surface area contributed by atoms with Gasteiger partial charge in [-0.05, 0) is 11.8 Å². The van der Waals surface area contributed by atoms with Crippen molar-refractivity contribution in [2.24, 2.45) is 0 Å². The van der Waals surface area contributed by atoms with E-state index in [0.717, 1.165) is 0 Å². The first-order valence-corrected chi connectivity index (χ1v) is 7.32. The lowest BCUT2D eigenvalue weighted by Gasteiger charge is -2.39. The van der Waals surface area contributed by atoms with Crippen molar-refractivity contribution in [3.63, 3.8) is 0 Å². The third-order valence-electron chi connectivity index (χ3n) is 3.27. The van der Waals surface area contributed by atoms with Crippen LogP contribution in [0.25, 0.3) is 0 Å². The van der Waals surface area contributed by atoms with Crippen LogP contribution in [0.5, 0.6) is 0 Å². The summed E-state index contributed by atoms with van der Waals surface area (Å²) in [6.45, 7) is 2.74. The van der Waals surface area contributed by atoms with E-state index in [1.807, 2.05) is 0 Å². The topological polar surface area (TPSA) is 140 Å². The van der Waals surface area contributed by atoms with Crippen LogP contribution in [0.1, 0.15) is 6.42 Å². The molecule has 0 aromatic rings. The van der Waals surface area contributed by atoms with Crippen molar-refractivity contribution in [3.8, 4) is 23.7 Å². The van der Waals surface area contributed by atoms with Crippen LogP contribution >= 0.6 is 0 Å². The van der Waals surface area contributed by atoms with E-state index in [1.165, 1.54) is 6.08 Å². The second-order valence-electron chi connectivity index (χ2n) is 5.09. The number of hydrogen-bond donors (Lipinski definition) is 6. The van der Waals surface area contributed by atoms with Gasteiger partial charge in [0.2, 0.25) is 0 Å². The van der Waals surface area contributed by atoms with E-state index in [2.05, 4.69) is 30.3 Å². The van der Waals surface area contributed by atoms with Crippen molar-refractivity contribution in [1.82, 2.24) is 0 Å². The SMILES string of the molecule is C=CC(O)C#CC#CC(O)CCO[C@@H]1O[C@H](CO)[C@@H](O)[C@H](O)[C@H]1O. The minimum absolute atomic E-state index is 0.0543. The van der Waals surface area contributed by atoms with Gasteiger partial charge in [-0.25, -0.2) is 0 Å². The molecule has 24 heavy (non-hydrogen) atoms. The second-order valence-corrected chi connectivity index (χ2v) is 5.09. The molecule has 0 aromatic heterocycles. The van der Waals surface area contributed by atoms with Gasteiger partial charge in [-0.3, -0.25) is 0 Å². The van der Waals surface area contributed by atoms with Crippen LogP contribution in [0, 0.1) is 23.7 Å². The lowest BCUT2D eigenvalue weighted by atomic mass is 9.99. The van der Waals surface area contributed by atoms with Gasteiger partial charge in [0, 0.05) is 6.42 Å². The fraction of sp³-hybridized carbons (Fsp3) is 0.625. The summed E-state index contributed by atoms with van der Waals surface area (Å²) in [6, 6.07) is 0. The van der Waals surface area contributed by atoms with Crippen LogP contribution in [0.3, 0.4) is 0 Å². The van der Waals surface area contributed by atoms with Gasteiger partial charge in [-0.2, -0.15) is 0 Å². The molecule has 0 amide bonds. The van der Waals surface area contributed by atoms with Gasteiger partial charge in [0.25, 0.3) is 0 Å². The maximum absolute atomic E-state index is 9.75. The second kappa shape index (κ2) is 10.4. The fourth-order valence-electron chi connectivity index (χ4n) is 1.86. The molecule has 0 spiro atoms. The van der Waals surface area contributed by atoms with E-state index >= 15 is 0 Å². The molecule has 0 bridgehead atoms. The molecular weight excluding hydrogens is 320 g/mol. The fourth-order valence-corrected chi connectivity index (χ4v) is 1.86. The van der Waals surface area contributed by atoms with Gasteiger partial charge in [0.05, 0.1) is 13.2 Å². The van der Waals surface area contributed by atoms with Crippen LogP contribution in [0.15, 0.2) is 12.7 Å². The highest BCUT2D eigenvalue weighted by atomic mass is 16.7. The molecule has 134 valence electrons. The number of rotatable bonds is 6. The van der Waals surface area contributed by atoms with E-state index in [1.54, 1.807) is 0 Å². The molecule has 1 aliphatic heterocycles. The molecule has 1 heterocycles. The largest absolute Gasteiger partial charge is 0.394 e. The Bertz CT molecular complexity index is 512. The summed E-state index contributed by atoms with van der Waals surface area (Å²) in [6.07, 6.45) is -7.48. The molecule has 2 unspecified atom stereocenters. The van der Waals surface area contributed by atoms with Crippen molar-refractivity contribution in [2.75, 3.05) is 13.2 Å². The zero-order chi connectivity index (χ0) is 18.1. The van der Waals surface area contributed by atoms with E-state index in [-0.39, 0.29) is 13.0 Å². The molecule has 0 aliphatic carbocycles. The molecule has 0 aromatic carbocycles. The summed E-state index contributed by atoms with van der Waals surface area (Å²) in [4.78, 5) is 0. The molecule has 6 N–H and O–H groups in total. The number of ether oxygens (including phenoxy) is 2. The summed E-state index contributed by atoms with van der Waals surface area (Å²) in [5.74, 6) is 9.50. The Morgan fingerprint density at radius 1 is 1.08 bits per heavy atom. The summed E-state index contributed by atoms with van der Waals surface area (Å²) in [5, 5.41) is 56.7. The lowest BCUT2D eigenvalue weighted by Crippen LogP contribution is -2.59. The Labute approximate surface area is 140 Å². The van der Waals surface area contributed by atoms with E-state index in [0.29, 0.717) is 0 Å². The van der Waals surface area contributed by atoms with E-state index in [9.17, 15) is 20.4 Å². The monoisotopic (exact) mass is 342 g/mol. The number of aliphatic hydroxyl groups is 6. The zero-order valence-electron chi connectivity index (χ0n) is 12.9. The predicted molar refractivity (Wildman–Crippen MR) is 82.1 cm³/mol. The van der Waals surface area contributed by atoms with Crippen molar-refractivity contribution >= 4 is 0 Å². The first-order valence-electron chi connectivity index (χ1n) is 7.32. The van der Waals surface area contributed by atoms with Gasteiger partial charge in [0.15, 0.2) is 6.29 Å². The van der Waals surface area contributed by atoms with Crippen molar-refractivity contribution in [2.45, 2.75) is 49.3 Å². The van der Waals surface area contributed by atoms with Crippen molar-refractivity contribution in [1.29, 1.82) is 0 Å². The Balaban J connectivity index is 2.41. The highest BCUT2D eigenvalue weighted by Gasteiger charge is 2.43. The summed E-state index contributed by atoms with van der Waals surface area (Å²) < 4.78 is 10.3. The summed E-state index contributed by atoms with van der Waals surface area (Å²) in [5.41, 5.74) is 0. The molecule has 8 nitrogen and oxygen atoms in total. The van der Waals surface area contributed by atoms with Crippen molar-refractivity contribution in [3.05, 3.63) is 12.7 Å². The van der Waals surface area contributed by atoms with Crippen LogP contribution in [-0.4, -0.2) is 86.8 Å². The van der Waals surface area contributed by atoms with Gasteiger partial charge in [-0.15, -0.1) is 0 Å². The third-order valence-corrected chi connectivity index (χ3v) is 3.27. The Morgan fingerprint density at radius 2 is 1.75 bits per heavy atom. The average Bonchev–Trinajstić information content (AvgIpc) is 2.58. The lowest BCUT2D eigenvalue weighted by molar-refractivity contribution is -0.301. The normalized spacial score (nSPS) is 31.8. The quantitative estimate of drug-likeness (QED) is 0.223. The molecule has 1 saturated heterocycles. The van der Waals surface area contributed by atoms with Gasteiger partial charge in [0.1, 0.15) is 36.6 Å². The molecule has 1 aliphatic rings. The maximum atomic E-state index is 9.75. The molecule has 1 rings (SSSR count). The Morgan fingerprint density at radius 3 is 2.38 bits per heavy atom. The summed E-state index contributed by atoms with van der Waals surface area (Å²) >= 11 is 0. The van der Waals surface area contributed by atoms with Crippen molar-refractivity contribution < 1.29 is 40.1 Å². The maximum Gasteiger partial charge on any atom is 0.186 e. The number of aliphatic hydroxyl groups excluding tert-OH is 6. The van der Waals surface area contributed by atoms with Gasteiger partial charge >= 0.3 is 0 Å². The predicted octanol–water partition coefficient (Wildman–Crippen LogP) is -2.89. The first-order chi connectivity index (χ1) is 11.4. The van der Waals surface area contributed by atoms with Crippen LogP contribution in [0.2, 0.25) is 0 Å². The molecule has 7 atom stereocenters. The number of hydrogen-bond acceptors (Lipinski definition) is 8. The van der Waals surface area contributed by atoms with Crippen LogP contribution in [0.4, 0.5) is 0 Å². The molecule has 1 fully saturated rings. The Hall–Kier alpha value is -1.46. The average molecular weight is 342 g/mol. The molecular formula is C16H22O8. The van der Waals surface area contributed by atoms with E-state index < -0.39 is 49.5 Å². The standard InChI is InChI=1S/C16H22O8/c1-2-10(18)5-3-4-6-11(19)7-8-23-16-15(22)14(21)13(20)12(9-17)24-16/h2,10-22H,1,7-9H2/t10?,11?,12-,13-,14+,15-,16-/m1/s1. The minimum Gasteiger partial charge on any atom is -0.394 e. The highest BCUT2D eigenvalue weighted by Crippen LogP contribution is 2.22. The van der Waals surface area contributed by atoms with Gasteiger partial charge in [-0.1, -0.05) is 24.5 Å². The molecule has 8 heteroatoms. The summed E-state index contributed by atoms with van der Waals surface area (Å²) in [7, 11) is 0. The Kier molecular flexibility index (Phi) is 8.93. The first kappa shape index (κ1) is 20.6. The zero-order valence-corrected chi connectivity index (χ0v) is 12.9. The smallest absolute Gasteiger partial charge is 0.186 e. The minimum atomic E-state index is -1.52. The van der Waals surface area contributed by atoms with E-state index in [4.69, 9.17) is 19.7 Å². The molecule has 0 radical (unpaired) electrons. The van der Waals surface area contributed by atoms with Crippen LogP contribution < -0.4 is 0 Å². The third kappa shape index (κ3) is 6.21. The highest BCUT2D eigenvalue weighted by molar-refractivity contribution is 5.29.